The van der Waals surface area contributed by atoms with Crippen molar-refractivity contribution in [3.63, 3.8) is 0 Å². The number of thiocarbonyl (C=S) groups is 1. The Balaban J connectivity index is 1.53. The average molecular weight is 440 g/mol. The van der Waals surface area contributed by atoms with Gasteiger partial charge in [-0.1, -0.05) is 66.5 Å². The molecular formula is C21H17N3O4S2. The molecule has 9 heteroatoms. The molecule has 1 aliphatic rings. The highest BCUT2D eigenvalue weighted by Gasteiger charge is 2.33. The Morgan fingerprint density at radius 1 is 1.07 bits per heavy atom. The van der Waals surface area contributed by atoms with Gasteiger partial charge in [-0.25, -0.2) is 0 Å². The Hall–Kier alpha value is -3.43. The molecule has 0 bridgehead atoms. The molecule has 1 heterocycles. The minimum absolute atomic E-state index is 0.0246. The molecule has 1 saturated heterocycles. The van der Waals surface area contributed by atoms with E-state index in [0.717, 1.165) is 17.3 Å². The van der Waals surface area contributed by atoms with Crippen LogP contribution in [0.2, 0.25) is 0 Å². The number of benzene rings is 2. The first kappa shape index (κ1) is 21.3. The second-order valence-corrected chi connectivity index (χ2v) is 7.78. The summed E-state index contributed by atoms with van der Waals surface area (Å²) in [5.74, 6) is -1.50. The summed E-state index contributed by atoms with van der Waals surface area (Å²) in [7, 11) is 0. The third-order valence-electron chi connectivity index (χ3n) is 3.96. The van der Waals surface area contributed by atoms with Gasteiger partial charge in [0.15, 0.2) is 0 Å². The number of nitrogens with one attached hydrogen (secondary N) is 2. The van der Waals surface area contributed by atoms with Gasteiger partial charge < -0.3 is 5.11 Å². The van der Waals surface area contributed by atoms with Crippen LogP contribution in [-0.4, -0.2) is 38.6 Å². The number of hydrogen-bond donors (Lipinski definition) is 3. The van der Waals surface area contributed by atoms with Gasteiger partial charge in [0.2, 0.25) is 0 Å². The number of nitrogens with zero attached hydrogens (tertiary/aromatic N) is 1. The van der Waals surface area contributed by atoms with Crippen LogP contribution in [0.5, 0.6) is 5.75 Å². The molecule has 0 saturated carbocycles. The molecule has 1 fully saturated rings. The van der Waals surface area contributed by atoms with Crippen LogP contribution in [0.1, 0.15) is 15.9 Å². The van der Waals surface area contributed by atoms with Gasteiger partial charge >= 0.3 is 0 Å². The smallest absolute Gasteiger partial charge is 0.269 e. The summed E-state index contributed by atoms with van der Waals surface area (Å²) >= 11 is 6.30. The summed E-state index contributed by atoms with van der Waals surface area (Å²) in [6.45, 7) is -0.319. The van der Waals surface area contributed by atoms with E-state index >= 15 is 0 Å². The fourth-order valence-corrected chi connectivity index (χ4v) is 3.66. The van der Waals surface area contributed by atoms with Gasteiger partial charge in [-0.05, 0) is 35.9 Å². The number of rotatable bonds is 5. The van der Waals surface area contributed by atoms with Crippen molar-refractivity contribution < 1.29 is 19.5 Å². The van der Waals surface area contributed by atoms with Gasteiger partial charge in [0.05, 0.1) is 4.91 Å². The summed E-state index contributed by atoms with van der Waals surface area (Å²) in [6.07, 6.45) is 5.26. The van der Waals surface area contributed by atoms with E-state index in [1.54, 1.807) is 12.2 Å². The van der Waals surface area contributed by atoms with Crippen LogP contribution in [0, 0.1) is 0 Å². The molecule has 0 aliphatic carbocycles. The minimum Gasteiger partial charge on any atom is -0.508 e. The predicted molar refractivity (Wildman–Crippen MR) is 119 cm³/mol. The molecule has 0 radical (unpaired) electrons. The highest BCUT2D eigenvalue weighted by atomic mass is 32.2. The SMILES string of the molecule is O=C(CN1C(=O)/C(=C/C=C/c2ccccc2)SC1=S)NNC(=O)c1ccc(O)cc1. The second-order valence-electron chi connectivity index (χ2n) is 6.11. The first-order chi connectivity index (χ1) is 14.4. The molecule has 0 unspecified atom stereocenters. The summed E-state index contributed by atoms with van der Waals surface area (Å²) in [4.78, 5) is 38.2. The van der Waals surface area contributed by atoms with E-state index in [0.29, 0.717) is 4.91 Å². The Morgan fingerprint density at radius 2 is 1.77 bits per heavy atom. The Kier molecular flexibility index (Phi) is 6.99. The first-order valence-electron chi connectivity index (χ1n) is 8.79. The highest BCUT2D eigenvalue weighted by molar-refractivity contribution is 8.26. The van der Waals surface area contributed by atoms with Crippen LogP contribution >= 0.6 is 24.0 Å². The zero-order valence-corrected chi connectivity index (χ0v) is 17.2. The maximum atomic E-state index is 12.5. The zero-order chi connectivity index (χ0) is 21.5. The van der Waals surface area contributed by atoms with E-state index in [9.17, 15) is 19.5 Å². The molecule has 0 spiro atoms. The third kappa shape index (κ3) is 5.56. The van der Waals surface area contributed by atoms with Gasteiger partial charge in [0.25, 0.3) is 17.7 Å². The maximum Gasteiger partial charge on any atom is 0.269 e. The molecular weight excluding hydrogens is 422 g/mol. The van der Waals surface area contributed by atoms with Crippen LogP contribution < -0.4 is 10.9 Å². The number of amides is 3. The standard InChI is InChI=1S/C21H17N3O4S2/c25-16-11-9-15(10-12-16)19(27)23-22-18(26)13-24-20(28)17(30-21(24)29)8-4-7-14-5-2-1-3-6-14/h1-12,25H,13H2,(H,22,26)(H,23,27)/b7-4+,17-8-. The van der Waals surface area contributed by atoms with E-state index in [1.165, 1.54) is 29.2 Å². The zero-order valence-electron chi connectivity index (χ0n) is 15.6. The van der Waals surface area contributed by atoms with E-state index in [1.807, 2.05) is 36.4 Å². The van der Waals surface area contributed by atoms with Crippen molar-refractivity contribution in [1.29, 1.82) is 0 Å². The van der Waals surface area contributed by atoms with Crippen LogP contribution in [0.4, 0.5) is 0 Å². The first-order valence-corrected chi connectivity index (χ1v) is 10.0. The van der Waals surface area contributed by atoms with Crippen LogP contribution in [-0.2, 0) is 9.59 Å². The lowest BCUT2D eigenvalue weighted by molar-refractivity contribution is -0.129. The molecule has 30 heavy (non-hydrogen) atoms. The Morgan fingerprint density at radius 3 is 2.47 bits per heavy atom. The Bertz CT molecular complexity index is 1030. The lowest BCUT2D eigenvalue weighted by Crippen LogP contribution is -2.47. The topological polar surface area (TPSA) is 98.7 Å². The van der Waals surface area contributed by atoms with Crippen molar-refractivity contribution in [3.8, 4) is 5.75 Å². The van der Waals surface area contributed by atoms with Gasteiger partial charge in [-0.2, -0.15) is 0 Å². The van der Waals surface area contributed by atoms with Crippen molar-refractivity contribution in [2.45, 2.75) is 0 Å². The number of phenols is 1. The molecule has 7 nitrogen and oxygen atoms in total. The minimum atomic E-state index is -0.598. The van der Waals surface area contributed by atoms with Gasteiger partial charge in [-0.15, -0.1) is 0 Å². The molecule has 3 N–H and O–H groups in total. The molecule has 152 valence electrons. The van der Waals surface area contributed by atoms with Crippen LogP contribution in [0.3, 0.4) is 0 Å². The summed E-state index contributed by atoms with van der Waals surface area (Å²) in [5.41, 5.74) is 5.75. The number of thioether (sulfide) groups is 1. The number of phenolic OH excluding ortho intramolecular Hbond substituents is 1. The average Bonchev–Trinajstić information content (AvgIpc) is 3.01. The van der Waals surface area contributed by atoms with E-state index in [-0.39, 0.29) is 28.1 Å². The van der Waals surface area contributed by atoms with Crippen molar-refractivity contribution in [2.24, 2.45) is 0 Å². The Labute approximate surface area is 182 Å². The van der Waals surface area contributed by atoms with E-state index in [4.69, 9.17) is 12.2 Å². The fraction of sp³-hybridized carbons (Fsp3) is 0.0476. The summed E-state index contributed by atoms with van der Waals surface area (Å²) in [5, 5.41) is 9.24. The van der Waals surface area contributed by atoms with Crippen molar-refractivity contribution >= 4 is 52.1 Å². The molecule has 3 amide bonds. The number of hydrazine groups is 1. The number of hydrogen-bond acceptors (Lipinski definition) is 6. The monoisotopic (exact) mass is 439 g/mol. The van der Waals surface area contributed by atoms with Crippen molar-refractivity contribution in [2.75, 3.05) is 6.54 Å². The number of allylic oxidation sites excluding steroid dienone is 2. The van der Waals surface area contributed by atoms with Crippen molar-refractivity contribution in [3.05, 3.63) is 82.8 Å². The molecule has 3 rings (SSSR count). The fourth-order valence-electron chi connectivity index (χ4n) is 2.46. The lowest BCUT2D eigenvalue weighted by Gasteiger charge is -2.14. The number of carbonyl (C=O) groups excluding carboxylic acids is 3. The summed E-state index contributed by atoms with van der Waals surface area (Å²) in [6, 6.07) is 15.2. The summed E-state index contributed by atoms with van der Waals surface area (Å²) < 4.78 is 0.263. The molecule has 0 aromatic heterocycles. The molecule has 1 aliphatic heterocycles. The maximum absolute atomic E-state index is 12.5. The van der Waals surface area contributed by atoms with Gasteiger partial charge in [0.1, 0.15) is 16.6 Å². The predicted octanol–water partition coefficient (Wildman–Crippen LogP) is 2.61. The van der Waals surface area contributed by atoms with Gasteiger partial charge in [-0.3, -0.25) is 30.1 Å². The normalized spacial score (nSPS) is 15.1. The second kappa shape index (κ2) is 9.86. The third-order valence-corrected chi connectivity index (χ3v) is 5.35. The van der Waals surface area contributed by atoms with E-state index < -0.39 is 11.8 Å². The largest absolute Gasteiger partial charge is 0.508 e. The highest BCUT2D eigenvalue weighted by Crippen LogP contribution is 2.30. The lowest BCUT2D eigenvalue weighted by atomic mass is 10.2. The molecule has 2 aromatic rings. The van der Waals surface area contributed by atoms with E-state index in [2.05, 4.69) is 10.9 Å². The molecule has 2 aromatic carbocycles. The number of aromatic hydroxyl groups is 1. The quantitative estimate of drug-likeness (QED) is 0.376. The van der Waals surface area contributed by atoms with Crippen molar-refractivity contribution in [1.82, 2.24) is 15.8 Å². The number of carbonyl (C=O) groups is 3. The van der Waals surface area contributed by atoms with Gasteiger partial charge in [0, 0.05) is 5.56 Å². The van der Waals surface area contributed by atoms with Crippen LogP contribution in [0.15, 0.2) is 71.7 Å². The molecule has 0 atom stereocenters. The van der Waals surface area contributed by atoms with Crippen LogP contribution in [0.25, 0.3) is 6.08 Å².